The van der Waals surface area contributed by atoms with Crippen LogP contribution >= 0.6 is 11.3 Å². The van der Waals surface area contributed by atoms with Crippen molar-refractivity contribution < 1.29 is 14.7 Å². The smallest absolute Gasteiger partial charge is 0.355 e. The largest absolute Gasteiger partial charge is 0.476 e. The van der Waals surface area contributed by atoms with Gasteiger partial charge in [0.2, 0.25) is 5.82 Å². The van der Waals surface area contributed by atoms with Crippen molar-refractivity contribution in [2.75, 3.05) is 6.54 Å². The molecule has 10 heteroatoms. The van der Waals surface area contributed by atoms with E-state index < -0.39 is 11.9 Å². The number of amides is 1. The number of nitrogens with one attached hydrogen (secondary N) is 1. The van der Waals surface area contributed by atoms with Crippen molar-refractivity contribution in [3.8, 4) is 0 Å². The molecule has 0 fully saturated rings. The summed E-state index contributed by atoms with van der Waals surface area (Å²) in [6.45, 7) is 4.02. The van der Waals surface area contributed by atoms with E-state index in [0.717, 1.165) is 11.4 Å². The number of aromatic carboxylic acids is 1. The molecule has 0 spiro atoms. The van der Waals surface area contributed by atoms with Crippen molar-refractivity contribution in [1.29, 1.82) is 0 Å². The Balaban J connectivity index is 1.64. The first-order chi connectivity index (χ1) is 11.4. The van der Waals surface area contributed by atoms with Gasteiger partial charge >= 0.3 is 5.97 Å². The zero-order chi connectivity index (χ0) is 17.3. The third-order valence-corrected chi connectivity index (χ3v) is 4.13. The standard InChI is InChI=1S/C14H14N6O3S/c1-7-5-8(2)20-14(16-7)18-11(19-20)12(21)15-4-3-10-17-9(6-24-10)13(22)23/h5-6H,3-4H2,1-2H3,(H,15,21)(H,22,23). The van der Waals surface area contributed by atoms with E-state index in [4.69, 9.17) is 5.11 Å². The minimum atomic E-state index is -1.06. The number of carboxylic acid groups (broad SMARTS) is 1. The summed E-state index contributed by atoms with van der Waals surface area (Å²) >= 11 is 1.24. The first-order valence-corrected chi connectivity index (χ1v) is 7.99. The maximum absolute atomic E-state index is 12.1. The third kappa shape index (κ3) is 3.23. The fraction of sp³-hybridized carbons (Fsp3) is 0.286. The van der Waals surface area contributed by atoms with Crippen molar-refractivity contribution in [2.24, 2.45) is 0 Å². The number of hydrogen-bond acceptors (Lipinski definition) is 7. The zero-order valence-electron chi connectivity index (χ0n) is 13.0. The van der Waals surface area contributed by atoms with Crippen molar-refractivity contribution in [3.63, 3.8) is 0 Å². The van der Waals surface area contributed by atoms with Gasteiger partial charge in [-0.05, 0) is 19.9 Å². The average Bonchev–Trinajstić information content (AvgIpc) is 3.13. The van der Waals surface area contributed by atoms with Crippen LogP contribution in [0.4, 0.5) is 0 Å². The van der Waals surface area contributed by atoms with E-state index in [9.17, 15) is 9.59 Å². The van der Waals surface area contributed by atoms with Gasteiger partial charge in [0.1, 0.15) is 0 Å². The molecule has 0 atom stereocenters. The number of hydrogen-bond donors (Lipinski definition) is 2. The summed E-state index contributed by atoms with van der Waals surface area (Å²) in [5.41, 5.74) is 1.66. The molecule has 0 bridgehead atoms. The highest BCUT2D eigenvalue weighted by Crippen LogP contribution is 2.10. The molecule has 0 aromatic carbocycles. The van der Waals surface area contributed by atoms with E-state index in [-0.39, 0.29) is 11.5 Å². The fourth-order valence-corrected chi connectivity index (χ4v) is 2.92. The number of carbonyl (C=O) groups excluding carboxylic acids is 1. The van der Waals surface area contributed by atoms with Crippen LogP contribution in [0.2, 0.25) is 0 Å². The highest BCUT2D eigenvalue weighted by atomic mass is 32.1. The fourth-order valence-electron chi connectivity index (χ4n) is 2.15. The molecule has 3 rings (SSSR count). The van der Waals surface area contributed by atoms with Crippen LogP contribution in [0.15, 0.2) is 11.4 Å². The summed E-state index contributed by atoms with van der Waals surface area (Å²) in [7, 11) is 0. The van der Waals surface area contributed by atoms with E-state index in [2.05, 4.69) is 25.4 Å². The van der Waals surface area contributed by atoms with Gasteiger partial charge in [-0.15, -0.1) is 16.4 Å². The van der Waals surface area contributed by atoms with E-state index in [1.165, 1.54) is 21.2 Å². The maximum atomic E-state index is 12.1. The zero-order valence-corrected chi connectivity index (χ0v) is 13.8. The Labute approximate surface area is 140 Å². The molecule has 0 aliphatic rings. The van der Waals surface area contributed by atoms with Crippen molar-refractivity contribution in [2.45, 2.75) is 20.3 Å². The Morgan fingerprint density at radius 1 is 1.29 bits per heavy atom. The molecule has 0 saturated heterocycles. The molecule has 0 unspecified atom stereocenters. The molecule has 0 radical (unpaired) electrons. The number of carbonyl (C=O) groups is 2. The molecule has 3 aromatic heterocycles. The Hall–Kier alpha value is -2.88. The molecule has 0 saturated carbocycles. The first kappa shape index (κ1) is 16.0. The van der Waals surface area contributed by atoms with Gasteiger partial charge in [0.15, 0.2) is 5.69 Å². The normalized spacial score (nSPS) is 10.9. The van der Waals surface area contributed by atoms with E-state index in [1.807, 2.05) is 19.9 Å². The molecule has 124 valence electrons. The van der Waals surface area contributed by atoms with Crippen LogP contribution in [0.1, 0.15) is 37.5 Å². The topological polar surface area (TPSA) is 122 Å². The predicted octanol–water partition coefficient (Wildman–Crippen LogP) is 0.868. The lowest BCUT2D eigenvalue weighted by Gasteiger charge is -1.99. The summed E-state index contributed by atoms with van der Waals surface area (Å²) in [6.07, 6.45) is 0.438. The molecular formula is C14H14N6O3S. The highest BCUT2D eigenvalue weighted by Gasteiger charge is 2.15. The molecular weight excluding hydrogens is 332 g/mol. The van der Waals surface area contributed by atoms with Crippen molar-refractivity contribution >= 4 is 29.0 Å². The first-order valence-electron chi connectivity index (χ1n) is 7.11. The Kier molecular flexibility index (Phi) is 4.21. The lowest BCUT2D eigenvalue weighted by Crippen LogP contribution is -2.26. The molecule has 1 amide bonds. The Morgan fingerprint density at radius 2 is 2.08 bits per heavy atom. The number of fused-ring (bicyclic) bond motifs is 1. The number of rotatable bonds is 5. The lowest BCUT2D eigenvalue weighted by molar-refractivity contribution is 0.0690. The van der Waals surface area contributed by atoms with Crippen LogP contribution < -0.4 is 5.32 Å². The second-order valence-corrected chi connectivity index (χ2v) is 6.07. The van der Waals surface area contributed by atoms with E-state index >= 15 is 0 Å². The summed E-state index contributed by atoms with van der Waals surface area (Å²) < 4.78 is 1.52. The molecule has 2 N–H and O–H groups in total. The van der Waals surface area contributed by atoms with Gasteiger partial charge in [-0.25, -0.2) is 19.3 Å². The van der Waals surface area contributed by atoms with Crippen LogP contribution in [0.25, 0.3) is 5.78 Å². The van der Waals surface area contributed by atoms with E-state index in [1.54, 1.807) is 0 Å². The van der Waals surface area contributed by atoms with Gasteiger partial charge in [0.05, 0.1) is 5.01 Å². The van der Waals surface area contributed by atoms with Gasteiger partial charge in [0, 0.05) is 29.7 Å². The summed E-state index contributed by atoms with van der Waals surface area (Å²) in [5, 5.41) is 17.8. The van der Waals surface area contributed by atoms with Crippen molar-refractivity contribution in [1.82, 2.24) is 29.9 Å². The number of nitrogens with zero attached hydrogens (tertiary/aromatic N) is 5. The van der Waals surface area contributed by atoms with Gasteiger partial charge in [-0.1, -0.05) is 0 Å². The van der Waals surface area contributed by atoms with Crippen LogP contribution in [-0.4, -0.2) is 48.1 Å². The highest BCUT2D eigenvalue weighted by molar-refractivity contribution is 7.09. The molecule has 9 nitrogen and oxygen atoms in total. The van der Waals surface area contributed by atoms with Crippen molar-refractivity contribution in [3.05, 3.63) is 39.4 Å². The minimum Gasteiger partial charge on any atom is -0.476 e. The van der Waals surface area contributed by atoms with Gasteiger partial charge < -0.3 is 10.4 Å². The summed E-state index contributed by atoms with van der Waals surface area (Å²) in [4.78, 5) is 35.2. The number of aromatic nitrogens is 5. The second-order valence-electron chi connectivity index (χ2n) is 5.12. The van der Waals surface area contributed by atoms with Gasteiger partial charge in [0.25, 0.3) is 11.7 Å². The second kappa shape index (κ2) is 6.32. The maximum Gasteiger partial charge on any atom is 0.355 e. The Morgan fingerprint density at radius 3 is 2.79 bits per heavy atom. The quantitative estimate of drug-likeness (QED) is 0.702. The molecule has 3 heterocycles. The van der Waals surface area contributed by atoms with Crippen LogP contribution in [0.5, 0.6) is 0 Å². The third-order valence-electron chi connectivity index (χ3n) is 3.22. The Bertz CT molecular complexity index is 932. The van der Waals surface area contributed by atoms with Gasteiger partial charge in [-0.3, -0.25) is 4.79 Å². The lowest BCUT2D eigenvalue weighted by atomic mass is 10.4. The molecule has 0 aliphatic heterocycles. The summed E-state index contributed by atoms with van der Waals surface area (Å²) in [5.74, 6) is -1.05. The SMILES string of the molecule is Cc1cc(C)n2nc(C(=O)NCCc3nc(C(=O)O)cs3)nc2n1. The molecule has 3 aromatic rings. The number of thiazole rings is 1. The average molecular weight is 346 g/mol. The van der Waals surface area contributed by atoms with E-state index in [0.29, 0.717) is 23.8 Å². The minimum absolute atomic E-state index is 0.0141. The van der Waals surface area contributed by atoms with Crippen LogP contribution in [0, 0.1) is 13.8 Å². The van der Waals surface area contributed by atoms with Crippen LogP contribution in [-0.2, 0) is 6.42 Å². The molecule has 24 heavy (non-hydrogen) atoms. The molecule has 0 aliphatic carbocycles. The number of carboxylic acids is 1. The number of aryl methyl sites for hydroxylation is 2. The monoisotopic (exact) mass is 346 g/mol. The summed E-state index contributed by atoms with van der Waals surface area (Å²) in [6, 6.07) is 1.85. The van der Waals surface area contributed by atoms with Crippen LogP contribution in [0.3, 0.4) is 0 Å². The predicted molar refractivity (Wildman–Crippen MR) is 85.4 cm³/mol. The van der Waals surface area contributed by atoms with Gasteiger partial charge in [-0.2, -0.15) is 4.98 Å².